The Bertz CT molecular complexity index is 1140. The minimum atomic E-state index is -3.30. The van der Waals surface area contributed by atoms with Crippen LogP contribution in [0.25, 0.3) is 0 Å². The van der Waals surface area contributed by atoms with E-state index in [1.165, 1.54) is 6.07 Å². The van der Waals surface area contributed by atoms with E-state index in [-0.39, 0.29) is 23.2 Å². The molecule has 1 aliphatic rings. The van der Waals surface area contributed by atoms with Crippen molar-refractivity contribution in [2.24, 2.45) is 0 Å². The van der Waals surface area contributed by atoms with E-state index in [0.717, 1.165) is 42.7 Å². The average Bonchev–Trinajstić information content (AvgIpc) is 2.74. The van der Waals surface area contributed by atoms with Gasteiger partial charge in [-0.05, 0) is 53.6 Å². The molecule has 0 spiro atoms. The van der Waals surface area contributed by atoms with Gasteiger partial charge in [-0.3, -0.25) is 0 Å². The lowest BCUT2D eigenvalue weighted by atomic mass is 9.88. The third-order valence-corrected chi connectivity index (χ3v) is 7.59. The van der Waals surface area contributed by atoms with Gasteiger partial charge in [0.05, 0.1) is 11.5 Å². The Balaban J connectivity index is 1.47. The number of piperidine rings is 1. The van der Waals surface area contributed by atoms with Crippen LogP contribution in [0.2, 0.25) is 5.02 Å². The fourth-order valence-electron chi connectivity index (χ4n) is 4.32. The smallest absolute Gasteiger partial charge is 0.158 e. The molecule has 0 unspecified atom stereocenters. The van der Waals surface area contributed by atoms with Crippen LogP contribution < -0.4 is 4.90 Å². The van der Waals surface area contributed by atoms with E-state index in [9.17, 15) is 12.8 Å². The molecular formula is C25H25ClFNO2S. The van der Waals surface area contributed by atoms with Crippen LogP contribution in [0.15, 0.2) is 72.8 Å². The molecule has 3 nitrogen and oxygen atoms in total. The molecule has 1 saturated heterocycles. The van der Waals surface area contributed by atoms with E-state index in [2.05, 4.69) is 4.90 Å². The molecular weight excluding hydrogens is 433 g/mol. The molecule has 0 atom stereocenters. The normalized spacial score (nSPS) is 15.2. The van der Waals surface area contributed by atoms with Gasteiger partial charge < -0.3 is 4.90 Å². The molecule has 3 aromatic carbocycles. The molecule has 1 aliphatic heterocycles. The largest absolute Gasteiger partial charge is 0.371 e. The van der Waals surface area contributed by atoms with Crippen molar-refractivity contribution in [3.8, 4) is 0 Å². The monoisotopic (exact) mass is 457 g/mol. The lowest BCUT2D eigenvalue weighted by Gasteiger charge is -2.35. The molecule has 1 fully saturated rings. The maximum atomic E-state index is 14.3. The number of hydrogen-bond donors (Lipinski definition) is 0. The molecule has 0 radical (unpaired) electrons. The number of nitrogens with zero attached hydrogens (tertiary/aromatic N) is 1. The van der Waals surface area contributed by atoms with E-state index >= 15 is 0 Å². The van der Waals surface area contributed by atoms with Crippen molar-refractivity contribution in [1.29, 1.82) is 0 Å². The van der Waals surface area contributed by atoms with Crippen LogP contribution in [-0.2, 0) is 21.3 Å². The standard InChI is InChI=1S/C25H25ClFNO2S/c26-22-10-11-23(24(27)16-22)20-12-14-28(15-13-20)25-9-5-4-8-21(25)18-31(29,30)17-19-6-2-1-3-7-19/h1-11,16,20H,12-15,17-18H2. The second-order valence-electron chi connectivity index (χ2n) is 8.07. The van der Waals surface area contributed by atoms with Gasteiger partial charge >= 0.3 is 0 Å². The molecule has 0 saturated carbocycles. The van der Waals surface area contributed by atoms with E-state index in [1.54, 1.807) is 12.1 Å². The predicted octanol–water partition coefficient (Wildman–Crippen LogP) is 5.98. The zero-order valence-electron chi connectivity index (χ0n) is 17.2. The summed E-state index contributed by atoms with van der Waals surface area (Å²) in [7, 11) is -3.30. The number of halogens is 2. The second kappa shape index (κ2) is 9.41. The summed E-state index contributed by atoms with van der Waals surface area (Å²) in [5, 5.41) is 0.407. The van der Waals surface area contributed by atoms with E-state index < -0.39 is 9.84 Å². The molecule has 0 bridgehead atoms. The Labute approximate surface area is 188 Å². The van der Waals surface area contributed by atoms with Crippen molar-refractivity contribution in [1.82, 2.24) is 0 Å². The third-order valence-electron chi connectivity index (χ3n) is 5.83. The van der Waals surface area contributed by atoms with E-state index in [0.29, 0.717) is 10.6 Å². The maximum Gasteiger partial charge on any atom is 0.158 e. The Hall–Kier alpha value is -2.37. The van der Waals surface area contributed by atoms with Crippen molar-refractivity contribution in [2.45, 2.75) is 30.3 Å². The molecule has 0 aromatic heterocycles. The summed E-state index contributed by atoms with van der Waals surface area (Å²) >= 11 is 5.88. The summed E-state index contributed by atoms with van der Waals surface area (Å²) in [6.45, 7) is 1.50. The first kappa shape index (κ1) is 21.8. The first-order valence-corrected chi connectivity index (χ1v) is 12.6. The van der Waals surface area contributed by atoms with Crippen LogP contribution in [0, 0.1) is 5.82 Å². The molecule has 1 heterocycles. The van der Waals surface area contributed by atoms with Crippen LogP contribution >= 0.6 is 11.6 Å². The van der Waals surface area contributed by atoms with Crippen LogP contribution in [0.1, 0.15) is 35.4 Å². The number of rotatable bonds is 6. The van der Waals surface area contributed by atoms with Gasteiger partial charge in [0.2, 0.25) is 0 Å². The predicted molar refractivity (Wildman–Crippen MR) is 125 cm³/mol. The highest BCUT2D eigenvalue weighted by atomic mass is 35.5. The maximum absolute atomic E-state index is 14.3. The van der Waals surface area contributed by atoms with Crippen molar-refractivity contribution >= 4 is 27.1 Å². The van der Waals surface area contributed by atoms with Crippen LogP contribution in [0.5, 0.6) is 0 Å². The van der Waals surface area contributed by atoms with Gasteiger partial charge in [-0.1, -0.05) is 66.2 Å². The van der Waals surface area contributed by atoms with Crippen LogP contribution in [-0.4, -0.2) is 21.5 Å². The molecule has 0 aliphatic carbocycles. The fourth-order valence-corrected chi connectivity index (χ4v) is 6.00. The minimum absolute atomic E-state index is 0.00378. The lowest BCUT2D eigenvalue weighted by molar-refractivity contribution is 0.481. The van der Waals surface area contributed by atoms with Gasteiger partial charge in [-0.25, -0.2) is 12.8 Å². The van der Waals surface area contributed by atoms with Gasteiger partial charge in [0.15, 0.2) is 9.84 Å². The molecule has 0 N–H and O–H groups in total. The Kier molecular flexibility index (Phi) is 6.63. The minimum Gasteiger partial charge on any atom is -0.371 e. The van der Waals surface area contributed by atoms with Crippen LogP contribution in [0.4, 0.5) is 10.1 Å². The van der Waals surface area contributed by atoms with Gasteiger partial charge in [0, 0.05) is 23.8 Å². The Morgan fingerprint density at radius 2 is 1.58 bits per heavy atom. The molecule has 31 heavy (non-hydrogen) atoms. The number of sulfone groups is 1. The van der Waals surface area contributed by atoms with Crippen molar-refractivity contribution in [3.05, 3.63) is 100 Å². The Morgan fingerprint density at radius 1 is 0.903 bits per heavy atom. The van der Waals surface area contributed by atoms with Crippen molar-refractivity contribution in [2.75, 3.05) is 18.0 Å². The van der Waals surface area contributed by atoms with Crippen molar-refractivity contribution < 1.29 is 12.8 Å². The zero-order chi connectivity index (χ0) is 21.8. The SMILES string of the molecule is O=S(=O)(Cc1ccccc1)Cc1ccccc1N1CCC(c2ccc(Cl)cc2F)CC1. The number of para-hydroxylation sites is 1. The summed E-state index contributed by atoms with van der Waals surface area (Å²) in [5.41, 5.74) is 3.28. The van der Waals surface area contributed by atoms with E-state index in [4.69, 9.17) is 11.6 Å². The first-order chi connectivity index (χ1) is 14.9. The lowest BCUT2D eigenvalue weighted by Crippen LogP contribution is -2.34. The number of benzene rings is 3. The summed E-state index contributed by atoms with van der Waals surface area (Å²) in [5.74, 6) is -0.0787. The molecule has 0 amide bonds. The quantitative estimate of drug-likeness (QED) is 0.457. The molecule has 4 rings (SSSR count). The summed E-state index contributed by atoms with van der Waals surface area (Å²) in [4.78, 5) is 2.22. The fraction of sp³-hybridized carbons (Fsp3) is 0.280. The first-order valence-electron chi connectivity index (χ1n) is 10.4. The van der Waals surface area contributed by atoms with Gasteiger partial charge in [-0.15, -0.1) is 0 Å². The zero-order valence-corrected chi connectivity index (χ0v) is 18.7. The third kappa shape index (κ3) is 5.46. The summed E-state index contributed by atoms with van der Waals surface area (Å²) in [6.07, 6.45) is 1.62. The van der Waals surface area contributed by atoms with E-state index in [1.807, 2.05) is 54.6 Å². The average molecular weight is 458 g/mol. The van der Waals surface area contributed by atoms with Crippen LogP contribution in [0.3, 0.4) is 0 Å². The number of anilines is 1. The molecule has 6 heteroatoms. The Morgan fingerprint density at radius 3 is 2.29 bits per heavy atom. The number of hydrogen-bond acceptors (Lipinski definition) is 3. The highest BCUT2D eigenvalue weighted by Crippen LogP contribution is 2.34. The second-order valence-corrected chi connectivity index (χ2v) is 10.6. The highest BCUT2D eigenvalue weighted by Gasteiger charge is 2.25. The summed E-state index contributed by atoms with van der Waals surface area (Å²) in [6, 6.07) is 21.8. The molecule has 162 valence electrons. The van der Waals surface area contributed by atoms with Crippen molar-refractivity contribution in [3.63, 3.8) is 0 Å². The molecule has 3 aromatic rings. The van der Waals surface area contributed by atoms with Gasteiger partial charge in [-0.2, -0.15) is 0 Å². The topological polar surface area (TPSA) is 37.4 Å². The van der Waals surface area contributed by atoms with Gasteiger partial charge in [0.1, 0.15) is 5.82 Å². The van der Waals surface area contributed by atoms with Gasteiger partial charge in [0.25, 0.3) is 0 Å². The summed E-state index contributed by atoms with van der Waals surface area (Å²) < 4.78 is 40.0. The highest BCUT2D eigenvalue weighted by molar-refractivity contribution is 7.89.